The molecule has 2 aromatic rings. The zero-order valence-electron chi connectivity index (χ0n) is 15.3. The van der Waals surface area contributed by atoms with Crippen LogP contribution in [-0.4, -0.2) is 38.5 Å². The van der Waals surface area contributed by atoms with Crippen molar-refractivity contribution in [1.82, 2.24) is 19.5 Å². The number of fused-ring (bicyclic) bond motifs is 1. The number of nitrogens with zero attached hydrogens (tertiary/aromatic N) is 4. The molecule has 2 aliphatic rings. The summed E-state index contributed by atoms with van der Waals surface area (Å²) in [6.07, 6.45) is 2.46. The lowest BCUT2D eigenvalue weighted by Crippen LogP contribution is -2.26. The number of nitrogens with one attached hydrogen (secondary N) is 1. The number of hydrogen-bond acceptors (Lipinski definition) is 4. The second-order valence-electron chi connectivity index (χ2n) is 7.33. The summed E-state index contributed by atoms with van der Waals surface area (Å²) in [6.45, 7) is 3.57. The van der Waals surface area contributed by atoms with Gasteiger partial charge >= 0.3 is 0 Å². The van der Waals surface area contributed by atoms with Crippen molar-refractivity contribution in [1.29, 1.82) is 0 Å². The van der Waals surface area contributed by atoms with E-state index in [9.17, 15) is 13.6 Å². The fourth-order valence-electron chi connectivity index (χ4n) is 3.60. The van der Waals surface area contributed by atoms with Crippen molar-refractivity contribution in [3.63, 3.8) is 0 Å². The normalized spacial score (nSPS) is 19.7. The number of amides is 1. The molecule has 1 unspecified atom stereocenters. The molecule has 1 N–H and O–H groups in total. The first-order valence-electron chi connectivity index (χ1n) is 9.48. The summed E-state index contributed by atoms with van der Waals surface area (Å²) in [4.78, 5) is 18.7. The number of imidazole rings is 1. The molecule has 2 aromatic heterocycles. The molecule has 0 aromatic carbocycles. The van der Waals surface area contributed by atoms with Gasteiger partial charge in [0.05, 0.1) is 17.9 Å². The van der Waals surface area contributed by atoms with Gasteiger partial charge in [-0.05, 0) is 37.5 Å². The molecule has 1 aliphatic heterocycles. The van der Waals surface area contributed by atoms with E-state index in [1.54, 1.807) is 9.42 Å². The highest BCUT2D eigenvalue weighted by Crippen LogP contribution is 2.42. The Kier molecular flexibility index (Phi) is 4.80. The Morgan fingerprint density at radius 2 is 2.19 bits per heavy atom. The van der Waals surface area contributed by atoms with Crippen LogP contribution in [0.15, 0.2) is 24.3 Å². The van der Waals surface area contributed by atoms with E-state index in [-0.39, 0.29) is 12.3 Å². The molecule has 3 heterocycles. The first kappa shape index (κ1) is 17.9. The maximum absolute atomic E-state index is 12.6. The van der Waals surface area contributed by atoms with Gasteiger partial charge in [0.15, 0.2) is 5.65 Å². The standard InChI is InChI=1S/C19H23F2N5O/c1-2-7-22-16-5-6-17-23-19(13-3-4-13)14(26(17)24-16)11-25-10-12(8-15(20)21)9-18(25)27/h5-6,8,12-13H,2-4,7,9-11H2,1H3,(H,22,24). The second-order valence-corrected chi connectivity index (χ2v) is 7.33. The number of halogens is 2. The van der Waals surface area contributed by atoms with Crippen LogP contribution in [0.2, 0.25) is 0 Å². The first-order valence-corrected chi connectivity index (χ1v) is 9.48. The van der Waals surface area contributed by atoms with E-state index in [4.69, 9.17) is 4.98 Å². The van der Waals surface area contributed by atoms with Gasteiger partial charge in [-0.25, -0.2) is 9.50 Å². The van der Waals surface area contributed by atoms with Crippen LogP contribution in [0.3, 0.4) is 0 Å². The molecule has 1 saturated heterocycles. The molecule has 1 saturated carbocycles. The predicted octanol–water partition coefficient (Wildman–Crippen LogP) is 3.56. The molecule has 0 radical (unpaired) electrons. The number of aromatic nitrogens is 3. The topological polar surface area (TPSA) is 62.5 Å². The molecule has 1 atom stereocenters. The smallest absolute Gasteiger partial charge is 0.266 e. The van der Waals surface area contributed by atoms with Crippen molar-refractivity contribution < 1.29 is 13.6 Å². The molecular weight excluding hydrogens is 352 g/mol. The van der Waals surface area contributed by atoms with Crippen molar-refractivity contribution >= 4 is 17.4 Å². The summed E-state index contributed by atoms with van der Waals surface area (Å²) in [6, 6.07) is 3.83. The third-order valence-corrected chi connectivity index (χ3v) is 5.07. The van der Waals surface area contributed by atoms with Gasteiger partial charge < -0.3 is 10.2 Å². The molecule has 144 valence electrons. The van der Waals surface area contributed by atoms with Gasteiger partial charge in [-0.1, -0.05) is 6.92 Å². The monoisotopic (exact) mass is 375 g/mol. The van der Waals surface area contributed by atoms with E-state index in [1.807, 2.05) is 12.1 Å². The Balaban J connectivity index is 1.64. The van der Waals surface area contributed by atoms with Crippen molar-refractivity contribution in [2.45, 2.75) is 45.1 Å². The lowest BCUT2D eigenvalue weighted by atomic mass is 10.1. The van der Waals surface area contributed by atoms with Crippen LogP contribution in [0.1, 0.15) is 49.9 Å². The van der Waals surface area contributed by atoms with E-state index < -0.39 is 12.0 Å². The second kappa shape index (κ2) is 7.25. The van der Waals surface area contributed by atoms with Gasteiger partial charge in [-0.2, -0.15) is 8.78 Å². The van der Waals surface area contributed by atoms with Crippen molar-refractivity contribution in [3.8, 4) is 0 Å². The first-order chi connectivity index (χ1) is 13.0. The average molecular weight is 375 g/mol. The van der Waals surface area contributed by atoms with Gasteiger partial charge in [0.2, 0.25) is 5.91 Å². The van der Waals surface area contributed by atoms with E-state index in [2.05, 4.69) is 17.3 Å². The van der Waals surface area contributed by atoms with E-state index in [1.165, 1.54) is 0 Å². The molecule has 1 amide bonds. The van der Waals surface area contributed by atoms with Crippen LogP contribution >= 0.6 is 0 Å². The Bertz CT molecular complexity index is 886. The summed E-state index contributed by atoms with van der Waals surface area (Å²) >= 11 is 0. The molecule has 8 heteroatoms. The van der Waals surface area contributed by atoms with Gasteiger partial charge in [0.25, 0.3) is 6.08 Å². The minimum atomic E-state index is -1.73. The molecule has 0 spiro atoms. The summed E-state index contributed by atoms with van der Waals surface area (Å²) in [5.41, 5.74) is 2.64. The molecule has 6 nitrogen and oxygen atoms in total. The van der Waals surface area contributed by atoms with Crippen LogP contribution in [-0.2, 0) is 11.3 Å². The molecule has 2 fully saturated rings. The quantitative estimate of drug-likeness (QED) is 0.804. The van der Waals surface area contributed by atoms with Crippen LogP contribution in [0.5, 0.6) is 0 Å². The molecule has 27 heavy (non-hydrogen) atoms. The Hall–Kier alpha value is -2.51. The number of carbonyl (C=O) groups excluding carboxylic acids is 1. The number of anilines is 1. The lowest BCUT2D eigenvalue weighted by Gasteiger charge is -2.16. The largest absolute Gasteiger partial charge is 0.369 e. The number of hydrogen-bond donors (Lipinski definition) is 1. The average Bonchev–Trinajstić information content (AvgIpc) is 3.33. The molecule has 0 bridgehead atoms. The third-order valence-electron chi connectivity index (χ3n) is 5.07. The molecular formula is C19H23F2N5O. The predicted molar refractivity (Wildman–Crippen MR) is 97.6 cm³/mol. The van der Waals surface area contributed by atoms with Crippen molar-refractivity contribution in [2.75, 3.05) is 18.4 Å². The summed E-state index contributed by atoms with van der Waals surface area (Å²) in [7, 11) is 0. The number of carbonyl (C=O) groups is 1. The fourth-order valence-corrected chi connectivity index (χ4v) is 3.60. The molecule has 1 aliphatic carbocycles. The van der Waals surface area contributed by atoms with E-state index >= 15 is 0 Å². The third kappa shape index (κ3) is 3.79. The van der Waals surface area contributed by atoms with Crippen LogP contribution in [0.25, 0.3) is 5.65 Å². The Labute approximate surface area is 156 Å². The fraction of sp³-hybridized carbons (Fsp3) is 0.526. The highest BCUT2D eigenvalue weighted by molar-refractivity contribution is 5.79. The molecule has 4 rings (SSSR count). The van der Waals surface area contributed by atoms with Crippen LogP contribution in [0.4, 0.5) is 14.6 Å². The summed E-state index contributed by atoms with van der Waals surface area (Å²) < 4.78 is 26.9. The summed E-state index contributed by atoms with van der Waals surface area (Å²) in [5.74, 6) is 0.638. The van der Waals surface area contributed by atoms with Crippen molar-refractivity contribution in [2.24, 2.45) is 5.92 Å². The van der Waals surface area contributed by atoms with E-state index in [0.717, 1.165) is 54.7 Å². The van der Waals surface area contributed by atoms with Crippen molar-refractivity contribution in [3.05, 3.63) is 35.7 Å². The zero-order valence-corrected chi connectivity index (χ0v) is 15.3. The summed E-state index contributed by atoms with van der Waals surface area (Å²) in [5, 5.41) is 7.92. The van der Waals surface area contributed by atoms with E-state index in [0.29, 0.717) is 19.0 Å². The SMILES string of the molecule is CCCNc1ccc2nc(C3CC3)c(CN3CC(C=C(F)F)CC3=O)n2n1. The Morgan fingerprint density at radius 3 is 2.89 bits per heavy atom. The van der Waals surface area contributed by atoms with Gasteiger partial charge in [0.1, 0.15) is 5.82 Å². The highest BCUT2D eigenvalue weighted by atomic mass is 19.3. The minimum Gasteiger partial charge on any atom is -0.369 e. The Morgan fingerprint density at radius 1 is 1.37 bits per heavy atom. The van der Waals surface area contributed by atoms with Gasteiger partial charge in [-0.3, -0.25) is 4.79 Å². The van der Waals surface area contributed by atoms with Crippen LogP contribution < -0.4 is 5.32 Å². The maximum Gasteiger partial charge on any atom is 0.266 e. The number of rotatable bonds is 7. The highest BCUT2D eigenvalue weighted by Gasteiger charge is 2.34. The van der Waals surface area contributed by atoms with Gasteiger partial charge in [0, 0.05) is 31.3 Å². The van der Waals surface area contributed by atoms with Gasteiger partial charge in [-0.15, -0.1) is 5.10 Å². The van der Waals surface area contributed by atoms with Crippen LogP contribution in [0, 0.1) is 5.92 Å². The number of likely N-dealkylation sites (tertiary alicyclic amines) is 1. The zero-order chi connectivity index (χ0) is 19.0. The maximum atomic E-state index is 12.6. The minimum absolute atomic E-state index is 0.102. The lowest BCUT2D eigenvalue weighted by molar-refractivity contribution is -0.128.